The minimum atomic E-state index is 0.919. The van der Waals surface area contributed by atoms with Crippen LogP contribution in [-0.2, 0) is 6.42 Å². The molecule has 1 aromatic rings. The van der Waals surface area contributed by atoms with Crippen LogP contribution in [0.25, 0.3) is 0 Å². The summed E-state index contributed by atoms with van der Waals surface area (Å²) in [6.07, 6.45) is 7.92. The van der Waals surface area contributed by atoms with Crippen molar-refractivity contribution in [1.82, 2.24) is 0 Å². The zero-order valence-electron chi connectivity index (χ0n) is 12.0. The number of hydrogen-bond acceptors (Lipinski definition) is 1. The van der Waals surface area contributed by atoms with E-state index in [4.69, 9.17) is 4.74 Å². The maximum atomic E-state index is 5.15. The van der Waals surface area contributed by atoms with E-state index in [2.05, 4.69) is 45.1 Å². The lowest BCUT2D eigenvalue weighted by atomic mass is 10.1. The Hall–Kier alpha value is -1.50. The highest BCUT2D eigenvalue weighted by Gasteiger charge is 1.94. The van der Waals surface area contributed by atoms with Gasteiger partial charge in [0.2, 0.25) is 0 Å². The highest BCUT2D eigenvalue weighted by atomic mass is 16.5. The van der Waals surface area contributed by atoms with E-state index >= 15 is 0 Å². The predicted octanol–water partition coefficient (Wildman–Crippen LogP) is 4.93. The van der Waals surface area contributed by atoms with Crippen LogP contribution in [0.5, 0.6) is 5.75 Å². The summed E-state index contributed by atoms with van der Waals surface area (Å²) in [7, 11) is 1.70. The van der Waals surface area contributed by atoms with E-state index in [1.807, 2.05) is 12.1 Å². The van der Waals surface area contributed by atoms with Crippen molar-refractivity contribution in [2.45, 2.75) is 40.0 Å². The third kappa shape index (κ3) is 5.72. The van der Waals surface area contributed by atoms with Gasteiger partial charge in [-0.2, -0.15) is 0 Å². The summed E-state index contributed by atoms with van der Waals surface area (Å²) in [4.78, 5) is 0. The quantitative estimate of drug-likeness (QED) is 0.645. The van der Waals surface area contributed by atoms with Crippen LogP contribution in [0.3, 0.4) is 0 Å². The van der Waals surface area contributed by atoms with Crippen molar-refractivity contribution in [2.24, 2.45) is 0 Å². The second-order valence-corrected chi connectivity index (χ2v) is 4.92. The average molecular weight is 244 g/mol. The molecule has 98 valence electrons. The first-order valence-electron chi connectivity index (χ1n) is 6.53. The molecule has 0 saturated carbocycles. The fourth-order valence-corrected chi connectivity index (χ4v) is 1.74. The third-order valence-electron chi connectivity index (χ3n) is 2.94. The second kappa shape index (κ2) is 7.75. The average Bonchev–Trinajstić information content (AvgIpc) is 2.36. The molecular weight excluding hydrogens is 220 g/mol. The van der Waals surface area contributed by atoms with E-state index in [1.54, 1.807) is 7.11 Å². The first kappa shape index (κ1) is 14.6. The van der Waals surface area contributed by atoms with Crippen molar-refractivity contribution >= 4 is 0 Å². The van der Waals surface area contributed by atoms with Crippen LogP contribution < -0.4 is 4.74 Å². The molecule has 0 radical (unpaired) electrons. The van der Waals surface area contributed by atoms with Gasteiger partial charge in [0.1, 0.15) is 5.75 Å². The number of hydrogen-bond donors (Lipinski definition) is 0. The van der Waals surface area contributed by atoms with Gasteiger partial charge >= 0.3 is 0 Å². The molecule has 0 aliphatic carbocycles. The summed E-state index contributed by atoms with van der Waals surface area (Å²) in [6, 6.07) is 8.28. The Kier molecular flexibility index (Phi) is 6.27. The van der Waals surface area contributed by atoms with Gasteiger partial charge in [0, 0.05) is 0 Å². The zero-order chi connectivity index (χ0) is 13.4. The Morgan fingerprint density at radius 2 is 1.72 bits per heavy atom. The molecule has 0 bridgehead atoms. The standard InChI is InChI=1S/C17H24O/c1-14(2)6-5-7-15(3)8-9-16-10-12-17(18-4)13-11-16/h6,8,10-13H,5,7,9H2,1-4H3/b15-8+. The molecule has 0 saturated heterocycles. The molecule has 0 aromatic heterocycles. The molecule has 0 aliphatic heterocycles. The maximum Gasteiger partial charge on any atom is 0.118 e. The Labute approximate surface area is 111 Å². The minimum Gasteiger partial charge on any atom is -0.497 e. The van der Waals surface area contributed by atoms with Gasteiger partial charge in [-0.1, -0.05) is 35.4 Å². The summed E-state index contributed by atoms with van der Waals surface area (Å²) in [6.45, 7) is 6.51. The highest BCUT2D eigenvalue weighted by molar-refractivity contribution is 5.28. The van der Waals surface area contributed by atoms with E-state index in [0.717, 1.165) is 25.0 Å². The summed E-state index contributed by atoms with van der Waals surface area (Å²) in [5, 5.41) is 0. The first-order chi connectivity index (χ1) is 8.61. The van der Waals surface area contributed by atoms with Crippen LogP contribution in [0.2, 0.25) is 0 Å². The summed E-state index contributed by atoms with van der Waals surface area (Å²) < 4.78 is 5.15. The van der Waals surface area contributed by atoms with Crippen LogP contribution in [0.15, 0.2) is 47.6 Å². The summed E-state index contributed by atoms with van der Waals surface area (Å²) in [5.41, 5.74) is 4.19. The largest absolute Gasteiger partial charge is 0.497 e. The lowest BCUT2D eigenvalue weighted by Gasteiger charge is -2.02. The first-order valence-corrected chi connectivity index (χ1v) is 6.53. The van der Waals surface area contributed by atoms with Crippen LogP contribution in [-0.4, -0.2) is 7.11 Å². The molecule has 1 aromatic carbocycles. The molecule has 0 aliphatic rings. The molecular formula is C17H24O. The number of ether oxygens (including phenoxy) is 1. The molecule has 0 heterocycles. The zero-order valence-corrected chi connectivity index (χ0v) is 12.0. The molecule has 0 unspecified atom stereocenters. The van der Waals surface area contributed by atoms with Crippen molar-refractivity contribution in [3.05, 3.63) is 53.1 Å². The van der Waals surface area contributed by atoms with Crippen LogP contribution in [0.1, 0.15) is 39.2 Å². The van der Waals surface area contributed by atoms with E-state index in [1.165, 1.54) is 16.7 Å². The van der Waals surface area contributed by atoms with E-state index in [0.29, 0.717) is 0 Å². The second-order valence-electron chi connectivity index (χ2n) is 4.92. The van der Waals surface area contributed by atoms with Gasteiger partial charge in [-0.25, -0.2) is 0 Å². The lowest BCUT2D eigenvalue weighted by Crippen LogP contribution is -1.86. The Bertz CT molecular complexity index is 406. The molecule has 18 heavy (non-hydrogen) atoms. The SMILES string of the molecule is COc1ccc(C/C=C(\C)CCC=C(C)C)cc1. The van der Waals surface area contributed by atoms with E-state index in [9.17, 15) is 0 Å². The maximum absolute atomic E-state index is 5.15. The number of allylic oxidation sites excluding steroid dienone is 4. The molecule has 1 nitrogen and oxygen atoms in total. The minimum absolute atomic E-state index is 0.919. The van der Waals surface area contributed by atoms with Crippen LogP contribution >= 0.6 is 0 Å². The predicted molar refractivity (Wildman–Crippen MR) is 79.1 cm³/mol. The molecule has 0 spiro atoms. The fourth-order valence-electron chi connectivity index (χ4n) is 1.74. The molecule has 0 amide bonds. The summed E-state index contributed by atoms with van der Waals surface area (Å²) >= 11 is 0. The highest BCUT2D eigenvalue weighted by Crippen LogP contribution is 2.13. The van der Waals surface area contributed by atoms with Crippen molar-refractivity contribution < 1.29 is 4.74 Å². The Morgan fingerprint density at radius 1 is 1.06 bits per heavy atom. The van der Waals surface area contributed by atoms with Gasteiger partial charge in [-0.15, -0.1) is 0 Å². The van der Waals surface area contributed by atoms with Crippen molar-refractivity contribution in [1.29, 1.82) is 0 Å². The number of benzene rings is 1. The topological polar surface area (TPSA) is 9.23 Å². The molecule has 0 atom stereocenters. The smallest absolute Gasteiger partial charge is 0.118 e. The normalized spacial score (nSPS) is 11.2. The van der Waals surface area contributed by atoms with Crippen LogP contribution in [0, 0.1) is 0 Å². The Morgan fingerprint density at radius 3 is 2.28 bits per heavy atom. The lowest BCUT2D eigenvalue weighted by molar-refractivity contribution is 0.414. The molecule has 1 rings (SSSR count). The molecule has 0 fully saturated rings. The van der Waals surface area contributed by atoms with E-state index < -0.39 is 0 Å². The number of methoxy groups -OCH3 is 1. The fraction of sp³-hybridized carbons (Fsp3) is 0.412. The van der Waals surface area contributed by atoms with Gasteiger partial charge in [-0.3, -0.25) is 0 Å². The molecule has 0 N–H and O–H groups in total. The van der Waals surface area contributed by atoms with Gasteiger partial charge in [-0.05, 0) is 57.7 Å². The van der Waals surface area contributed by atoms with Crippen molar-refractivity contribution in [2.75, 3.05) is 7.11 Å². The van der Waals surface area contributed by atoms with Gasteiger partial charge in [0.25, 0.3) is 0 Å². The van der Waals surface area contributed by atoms with Crippen molar-refractivity contribution in [3.63, 3.8) is 0 Å². The summed E-state index contributed by atoms with van der Waals surface area (Å²) in [5.74, 6) is 0.919. The van der Waals surface area contributed by atoms with Gasteiger partial charge < -0.3 is 4.74 Å². The van der Waals surface area contributed by atoms with Gasteiger partial charge in [0.05, 0.1) is 7.11 Å². The monoisotopic (exact) mass is 244 g/mol. The number of rotatable bonds is 6. The third-order valence-corrected chi connectivity index (χ3v) is 2.94. The van der Waals surface area contributed by atoms with Crippen LogP contribution in [0.4, 0.5) is 0 Å². The Balaban J connectivity index is 2.44. The van der Waals surface area contributed by atoms with Crippen molar-refractivity contribution in [3.8, 4) is 5.75 Å². The molecule has 1 heteroatoms. The van der Waals surface area contributed by atoms with Gasteiger partial charge in [0.15, 0.2) is 0 Å². The van der Waals surface area contributed by atoms with E-state index in [-0.39, 0.29) is 0 Å².